The minimum atomic E-state index is -0.575. The second-order valence-corrected chi connectivity index (χ2v) is 6.95. The van der Waals surface area contributed by atoms with Gasteiger partial charge in [0, 0.05) is 6.20 Å². The highest BCUT2D eigenvalue weighted by molar-refractivity contribution is 5.90. The molecule has 3 rings (SSSR count). The predicted molar refractivity (Wildman–Crippen MR) is 92.5 cm³/mol. The molecule has 0 aliphatic carbocycles. The van der Waals surface area contributed by atoms with Gasteiger partial charge in [-0.1, -0.05) is 12.1 Å². The van der Waals surface area contributed by atoms with Crippen molar-refractivity contribution in [2.24, 2.45) is 0 Å². The maximum Gasteiger partial charge on any atom is 0.415 e. The van der Waals surface area contributed by atoms with Gasteiger partial charge in [0.05, 0.1) is 6.54 Å². The van der Waals surface area contributed by atoms with Crippen LogP contribution >= 0.6 is 0 Å². The molecular weight excluding hydrogens is 323 g/mol. The summed E-state index contributed by atoms with van der Waals surface area (Å²) in [7, 11) is 0. The van der Waals surface area contributed by atoms with Crippen molar-refractivity contribution in [3.8, 4) is 5.88 Å². The van der Waals surface area contributed by atoms with Crippen molar-refractivity contribution in [3.05, 3.63) is 53.5 Å². The molecule has 0 atom stereocenters. The highest BCUT2D eigenvalue weighted by Gasteiger charge is 2.29. The summed E-state index contributed by atoms with van der Waals surface area (Å²) in [5.41, 5.74) is 1.89. The third-order valence-electron chi connectivity index (χ3n) is 3.67. The molecular formula is C19H21FN2O3. The molecule has 132 valence electrons. The van der Waals surface area contributed by atoms with Gasteiger partial charge in [0.1, 0.15) is 23.7 Å². The number of anilines is 1. The molecule has 5 nitrogen and oxygen atoms in total. The van der Waals surface area contributed by atoms with E-state index in [2.05, 4.69) is 4.98 Å². The van der Waals surface area contributed by atoms with Gasteiger partial charge in [0.15, 0.2) is 0 Å². The maximum atomic E-state index is 13.0. The van der Waals surface area contributed by atoms with E-state index in [9.17, 15) is 9.18 Å². The van der Waals surface area contributed by atoms with Gasteiger partial charge in [-0.3, -0.25) is 4.90 Å². The number of benzene rings is 1. The summed E-state index contributed by atoms with van der Waals surface area (Å²) in [4.78, 5) is 18.3. The van der Waals surface area contributed by atoms with Crippen LogP contribution in [-0.4, -0.2) is 29.8 Å². The average Bonchev–Trinajstić information content (AvgIpc) is 2.55. The fraction of sp³-hybridized carbons (Fsp3) is 0.368. The van der Waals surface area contributed by atoms with E-state index in [1.807, 2.05) is 26.8 Å². The first-order valence-electron chi connectivity index (χ1n) is 8.18. The summed E-state index contributed by atoms with van der Waals surface area (Å²) in [5.74, 6) is 0.150. The SMILES string of the molecule is CC(C)(C)OC(=O)N1CCOc2ncc(Cc3ccc(F)cc3)cc21. The van der Waals surface area contributed by atoms with Crippen LogP contribution in [-0.2, 0) is 11.2 Å². The van der Waals surface area contributed by atoms with Crippen LogP contribution < -0.4 is 9.64 Å². The zero-order valence-corrected chi connectivity index (χ0v) is 14.6. The van der Waals surface area contributed by atoms with Crippen LogP contribution in [0.15, 0.2) is 36.5 Å². The third-order valence-corrected chi connectivity index (χ3v) is 3.67. The Bertz CT molecular complexity index is 769. The van der Waals surface area contributed by atoms with Crippen molar-refractivity contribution in [2.75, 3.05) is 18.1 Å². The zero-order chi connectivity index (χ0) is 18.0. The van der Waals surface area contributed by atoms with E-state index in [-0.39, 0.29) is 5.82 Å². The Morgan fingerprint density at radius 2 is 2.00 bits per heavy atom. The molecule has 0 unspecified atom stereocenters. The molecule has 0 fully saturated rings. The summed E-state index contributed by atoms with van der Waals surface area (Å²) in [6.07, 6.45) is 1.88. The lowest BCUT2D eigenvalue weighted by atomic mass is 10.1. The molecule has 1 aliphatic heterocycles. The van der Waals surface area contributed by atoms with Crippen molar-refractivity contribution < 1.29 is 18.7 Å². The lowest BCUT2D eigenvalue weighted by Crippen LogP contribution is -2.41. The van der Waals surface area contributed by atoms with Crippen molar-refractivity contribution in [1.29, 1.82) is 0 Å². The minimum absolute atomic E-state index is 0.267. The van der Waals surface area contributed by atoms with Gasteiger partial charge >= 0.3 is 6.09 Å². The van der Waals surface area contributed by atoms with Crippen molar-refractivity contribution in [1.82, 2.24) is 4.98 Å². The van der Waals surface area contributed by atoms with Gasteiger partial charge in [-0.25, -0.2) is 14.2 Å². The third kappa shape index (κ3) is 4.26. The zero-order valence-electron chi connectivity index (χ0n) is 14.6. The quantitative estimate of drug-likeness (QED) is 0.828. The van der Waals surface area contributed by atoms with Crippen LogP contribution in [0.4, 0.5) is 14.9 Å². The Hall–Kier alpha value is -2.63. The number of nitrogens with zero attached hydrogens (tertiary/aromatic N) is 2. The first-order chi connectivity index (χ1) is 11.8. The molecule has 0 spiro atoms. The van der Waals surface area contributed by atoms with Crippen LogP contribution in [0.1, 0.15) is 31.9 Å². The number of aromatic nitrogens is 1. The largest absolute Gasteiger partial charge is 0.474 e. The molecule has 0 N–H and O–H groups in total. The number of amides is 1. The van der Waals surface area contributed by atoms with Gasteiger partial charge in [-0.05, 0) is 56.5 Å². The molecule has 0 radical (unpaired) electrons. The van der Waals surface area contributed by atoms with Crippen LogP contribution in [0.25, 0.3) is 0 Å². The van der Waals surface area contributed by atoms with Crippen LogP contribution in [0, 0.1) is 5.82 Å². The van der Waals surface area contributed by atoms with E-state index < -0.39 is 11.7 Å². The lowest BCUT2D eigenvalue weighted by molar-refractivity contribution is 0.0566. The van der Waals surface area contributed by atoms with Gasteiger partial charge < -0.3 is 9.47 Å². The van der Waals surface area contributed by atoms with Gasteiger partial charge in [0.2, 0.25) is 5.88 Å². The summed E-state index contributed by atoms with van der Waals surface area (Å²) in [6, 6.07) is 8.19. The number of hydrogen-bond donors (Lipinski definition) is 0. The molecule has 1 aromatic carbocycles. The number of rotatable bonds is 2. The Labute approximate surface area is 146 Å². The number of fused-ring (bicyclic) bond motifs is 1. The molecule has 25 heavy (non-hydrogen) atoms. The topological polar surface area (TPSA) is 51.7 Å². The fourth-order valence-electron chi connectivity index (χ4n) is 2.58. The molecule has 0 saturated heterocycles. The molecule has 6 heteroatoms. The number of pyridine rings is 1. The highest BCUT2D eigenvalue weighted by Crippen LogP contribution is 2.32. The summed E-state index contributed by atoms with van der Waals surface area (Å²) in [5, 5.41) is 0. The highest BCUT2D eigenvalue weighted by atomic mass is 19.1. The molecule has 2 heterocycles. The second-order valence-electron chi connectivity index (χ2n) is 6.95. The minimum Gasteiger partial charge on any atom is -0.474 e. The van der Waals surface area contributed by atoms with Crippen LogP contribution in [0.2, 0.25) is 0 Å². The summed E-state index contributed by atoms with van der Waals surface area (Å²) < 4.78 is 24.1. The van der Waals surface area contributed by atoms with Crippen LogP contribution in [0.3, 0.4) is 0 Å². The van der Waals surface area contributed by atoms with E-state index in [1.54, 1.807) is 23.2 Å². The van der Waals surface area contributed by atoms with Crippen LogP contribution in [0.5, 0.6) is 5.88 Å². The Morgan fingerprint density at radius 1 is 1.28 bits per heavy atom. The van der Waals surface area contributed by atoms with E-state index in [0.29, 0.717) is 31.1 Å². The Kier molecular flexibility index (Phi) is 4.61. The van der Waals surface area contributed by atoms with E-state index >= 15 is 0 Å². The average molecular weight is 344 g/mol. The van der Waals surface area contributed by atoms with Crippen molar-refractivity contribution in [3.63, 3.8) is 0 Å². The molecule has 0 bridgehead atoms. The Morgan fingerprint density at radius 3 is 2.68 bits per heavy atom. The number of carbonyl (C=O) groups excluding carboxylic acids is 1. The molecule has 1 aromatic heterocycles. The Balaban J connectivity index is 1.84. The van der Waals surface area contributed by atoms with Gasteiger partial charge in [-0.2, -0.15) is 0 Å². The molecule has 1 amide bonds. The van der Waals surface area contributed by atoms with Gasteiger partial charge in [-0.15, -0.1) is 0 Å². The predicted octanol–water partition coefficient (Wildman–Crippen LogP) is 3.95. The van der Waals surface area contributed by atoms with E-state index in [0.717, 1.165) is 11.1 Å². The van der Waals surface area contributed by atoms with E-state index in [1.165, 1.54) is 12.1 Å². The molecule has 1 aliphatic rings. The first-order valence-corrected chi connectivity index (χ1v) is 8.18. The summed E-state index contributed by atoms with van der Waals surface area (Å²) >= 11 is 0. The number of halogens is 1. The number of hydrogen-bond acceptors (Lipinski definition) is 4. The molecule has 2 aromatic rings. The van der Waals surface area contributed by atoms with Crippen molar-refractivity contribution in [2.45, 2.75) is 32.8 Å². The summed E-state index contributed by atoms with van der Waals surface area (Å²) in [6.45, 7) is 6.26. The van der Waals surface area contributed by atoms with E-state index in [4.69, 9.17) is 9.47 Å². The second kappa shape index (κ2) is 6.70. The first kappa shape index (κ1) is 17.2. The normalized spacial score (nSPS) is 13.8. The molecule has 0 saturated carbocycles. The van der Waals surface area contributed by atoms with Gasteiger partial charge in [0.25, 0.3) is 0 Å². The lowest BCUT2D eigenvalue weighted by Gasteiger charge is -2.31. The van der Waals surface area contributed by atoms with Crippen molar-refractivity contribution >= 4 is 11.8 Å². The number of carbonyl (C=O) groups is 1. The standard InChI is InChI=1S/C19H21FN2O3/c1-19(2,3)25-18(23)22-8-9-24-17-16(22)11-14(12-21-17)10-13-4-6-15(20)7-5-13/h4-7,11-12H,8-10H2,1-3H3. The smallest absolute Gasteiger partial charge is 0.415 e. The maximum absolute atomic E-state index is 13.0. The monoisotopic (exact) mass is 344 g/mol. The number of ether oxygens (including phenoxy) is 2. The fourth-order valence-corrected chi connectivity index (χ4v) is 2.58.